The monoisotopic (exact) mass is 305 g/mol. The summed E-state index contributed by atoms with van der Waals surface area (Å²) in [5.41, 5.74) is 0.687. The fourth-order valence-corrected chi connectivity index (χ4v) is 2.38. The highest BCUT2D eigenvalue weighted by molar-refractivity contribution is 5.89. The van der Waals surface area contributed by atoms with Crippen molar-refractivity contribution in [2.75, 3.05) is 31.6 Å². The fraction of sp³-hybridized carbons (Fsp3) is 0.500. The quantitative estimate of drug-likeness (QED) is 0.846. The molecule has 1 fully saturated rings. The van der Waals surface area contributed by atoms with Crippen LogP contribution in [0, 0.1) is 0 Å². The number of hydrogen-bond donors (Lipinski definition) is 2. The van der Waals surface area contributed by atoms with Gasteiger partial charge in [0.2, 0.25) is 5.91 Å². The van der Waals surface area contributed by atoms with Crippen LogP contribution in [0.3, 0.4) is 0 Å². The van der Waals surface area contributed by atoms with Gasteiger partial charge in [0, 0.05) is 31.7 Å². The Morgan fingerprint density at radius 2 is 1.86 bits per heavy atom. The van der Waals surface area contributed by atoms with Crippen LogP contribution in [-0.4, -0.2) is 43.1 Å². The molecule has 1 saturated heterocycles. The fourth-order valence-electron chi connectivity index (χ4n) is 2.38. The predicted molar refractivity (Wildman–Crippen MR) is 85.1 cm³/mol. The molecule has 1 aromatic rings. The van der Waals surface area contributed by atoms with E-state index in [2.05, 4.69) is 10.6 Å². The molecule has 1 aliphatic heterocycles. The van der Waals surface area contributed by atoms with Crippen LogP contribution < -0.4 is 15.4 Å². The molecule has 22 heavy (non-hydrogen) atoms. The minimum atomic E-state index is -0.307. The lowest BCUT2D eigenvalue weighted by Crippen LogP contribution is -2.34. The van der Waals surface area contributed by atoms with E-state index in [-0.39, 0.29) is 11.9 Å². The maximum Gasteiger partial charge on any atom is 0.319 e. The number of rotatable bonds is 6. The molecule has 2 N–H and O–H groups in total. The second-order valence-corrected chi connectivity index (χ2v) is 5.18. The molecular formula is C16H23N3O3. The second kappa shape index (κ2) is 8.26. The summed E-state index contributed by atoms with van der Waals surface area (Å²) in [5, 5.41) is 5.42. The van der Waals surface area contributed by atoms with Crippen molar-refractivity contribution in [1.82, 2.24) is 10.2 Å². The van der Waals surface area contributed by atoms with Gasteiger partial charge in [0.1, 0.15) is 5.75 Å². The van der Waals surface area contributed by atoms with E-state index in [1.807, 2.05) is 11.8 Å². The van der Waals surface area contributed by atoms with E-state index in [0.29, 0.717) is 25.3 Å². The number of benzene rings is 1. The van der Waals surface area contributed by atoms with Gasteiger partial charge >= 0.3 is 6.03 Å². The van der Waals surface area contributed by atoms with Gasteiger partial charge in [-0.3, -0.25) is 4.79 Å². The second-order valence-electron chi connectivity index (χ2n) is 5.18. The third kappa shape index (κ3) is 4.95. The van der Waals surface area contributed by atoms with Gasteiger partial charge in [0.15, 0.2) is 0 Å². The van der Waals surface area contributed by atoms with E-state index >= 15 is 0 Å². The average Bonchev–Trinajstić information content (AvgIpc) is 3.04. The smallest absolute Gasteiger partial charge is 0.319 e. The number of carbonyl (C=O) groups is 2. The first-order valence-corrected chi connectivity index (χ1v) is 7.74. The number of hydrogen-bond acceptors (Lipinski definition) is 3. The molecule has 2 rings (SSSR count). The number of anilines is 1. The number of nitrogens with one attached hydrogen (secondary N) is 2. The molecule has 0 saturated carbocycles. The van der Waals surface area contributed by atoms with Crippen LogP contribution in [0.1, 0.15) is 26.2 Å². The molecule has 0 atom stereocenters. The highest BCUT2D eigenvalue weighted by atomic mass is 16.5. The maximum absolute atomic E-state index is 11.8. The van der Waals surface area contributed by atoms with Gasteiger partial charge < -0.3 is 20.3 Å². The zero-order chi connectivity index (χ0) is 15.8. The molecule has 0 aliphatic carbocycles. The lowest BCUT2D eigenvalue weighted by Gasteiger charge is -2.15. The van der Waals surface area contributed by atoms with E-state index < -0.39 is 0 Å². The summed E-state index contributed by atoms with van der Waals surface area (Å²) < 4.78 is 5.34. The Morgan fingerprint density at radius 1 is 1.18 bits per heavy atom. The number of ether oxygens (including phenoxy) is 1. The van der Waals surface area contributed by atoms with Crippen LogP contribution in [0.5, 0.6) is 5.75 Å². The standard InChI is InChI=1S/C16H23N3O3/c1-2-22-14-7-5-13(6-8-14)18-16(21)17-10-9-15(20)19-11-3-4-12-19/h5-8H,2-4,9-12H2,1H3,(H2,17,18,21). The van der Waals surface area contributed by atoms with Gasteiger partial charge in [-0.05, 0) is 44.0 Å². The summed E-state index contributed by atoms with van der Waals surface area (Å²) in [4.78, 5) is 25.4. The molecule has 6 heteroatoms. The topological polar surface area (TPSA) is 70.7 Å². The van der Waals surface area contributed by atoms with Crippen molar-refractivity contribution in [3.8, 4) is 5.75 Å². The van der Waals surface area contributed by atoms with Crippen LogP contribution in [0.2, 0.25) is 0 Å². The summed E-state index contributed by atoms with van der Waals surface area (Å²) in [6, 6.07) is 6.85. The minimum absolute atomic E-state index is 0.110. The first kappa shape index (κ1) is 16.1. The molecule has 0 unspecified atom stereocenters. The summed E-state index contributed by atoms with van der Waals surface area (Å²) in [5.74, 6) is 0.878. The molecule has 0 aromatic heterocycles. The van der Waals surface area contributed by atoms with E-state index in [9.17, 15) is 9.59 Å². The van der Waals surface area contributed by atoms with Crippen molar-refractivity contribution < 1.29 is 14.3 Å². The Kier molecular flexibility index (Phi) is 6.06. The first-order valence-electron chi connectivity index (χ1n) is 7.74. The Bertz CT molecular complexity index is 496. The van der Waals surface area contributed by atoms with E-state index in [0.717, 1.165) is 31.7 Å². The van der Waals surface area contributed by atoms with E-state index in [1.165, 1.54) is 0 Å². The third-order valence-electron chi connectivity index (χ3n) is 3.51. The first-order chi connectivity index (χ1) is 10.7. The molecule has 6 nitrogen and oxygen atoms in total. The number of carbonyl (C=O) groups excluding carboxylic acids is 2. The highest BCUT2D eigenvalue weighted by Gasteiger charge is 2.17. The predicted octanol–water partition coefficient (Wildman–Crippen LogP) is 2.22. The Morgan fingerprint density at radius 3 is 2.50 bits per heavy atom. The van der Waals surface area contributed by atoms with Crippen LogP contribution in [0.4, 0.5) is 10.5 Å². The Balaban J connectivity index is 1.67. The lowest BCUT2D eigenvalue weighted by molar-refractivity contribution is -0.129. The van der Waals surface area contributed by atoms with Gasteiger partial charge in [-0.1, -0.05) is 0 Å². The summed E-state index contributed by atoms with van der Waals surface area (Å²) in [7, 11) is 0. The van der Waals surface area contributed by atoms with Crippen molar-refractivity contribution in [2.24, 2.45) is 0 Å². The molecule has 3 amide bonds. The van der Waals surface area contributed by atoms with Crippen LogP contribution >= 0.6 is 0 Å². The van der Waals surface area contributed by atoms with Gasteiger partial charge in [0.25, 0.3) is 0 Å². The Labute approximate surface area is 130 Å². The minimum Gasteiger partial charge on any atom is -0.494 e. The number of nitrogens with zero attached hydrogens (tertiary/aromatic N) is 1. The van der Waals surface area contributed by atoms with Gasteiger partial charge in [-0.25, -0.2) is 4.79 Å². The molecule has 0 spiro atoms. The molecule has 120 valence electrons. The highest BCUT2D eigenvalue weighted by Crippen LogP contribution is 2.15. The molecule has 1 aliphatic rings. The van der Waals surface area contributed by atoms with Crippen LogP contribution in [0.25, 0.3) is 0 Å². The number of urea groups is 1. The van der Waals surface area contributed by atoms with Gasteiger partial charge in [0.05, 0.1) is 6.61 Å². The molecule has 0 bridgehead atoms. The van der Waals surface area contributed by atoms with Crippen molar-refractivity contribution in [3.05, 3.63) is 24.3 Å². The molecular weight excluding hydrogens is 282 g/mol. The molecule has 1 aromatic carbocycles. The van der Waals surface area contributed by atoms with Crippen LogP contribution in [-0.2, 0) is 4.79 Å². The summed E-state index contributed by atoms with van der Waals surface area (Å²) >= 11 is 0. The maximum atomic E-state index is 11.8. The van der Waals surface area contributed by atoms with Gasteiger partial charge in [-0.2, -0.15) is 0 Å². The number of amides is 3. The lowest BCUT2D eigenvalue weighted by atomic mass is 10.3. The molecule has 1 heterocycles. The van der Waals surface area contributed by atoms with Crippen LogP contribution in [0.15, 0.2) is 24.3 Å². The van der Waals surface area contributed by atoms with Crippen molar-refractivity contribution in [2.45, 2.75) is 26.2 Å². The SMILES string of the molecule is CCOc1ccc(NC(=O)NCCC(=O)N2CCCC2)cc1. The van der Waals surface area contributed by atoms with Crippen molar-refractivity contribution >= 4 is 17.6 Å². The molecule has 0 radical (unpaired) electrons. The van der Waals surface area contributed by atoms with Gasteiger partial charge in [-0.15, -0.1) is 0 Å². The largest absolute Gasteiger partial charge is 0.494 e. The van der Waals surface area contributed by atoms with Crippen molar-refractivity contribution in [1.29, 1.82) is 0 Å². The third-order valence-corrected chi connectivity index (χ3v) is 3.51. The van der Waals surface area contributed by atoms with Crippen molar-refractivity contribution in [3.63, 3.8) is 0 Å². The Hall–Kier alpha value is -2.24. The zero-order valence-electron chi connectivity index (χ0n) is 12.9. The summed E-state index contributed by atoms with van der Waals surface area (Å²) in [6.07, 6.45) is 2.51. The normalized spacial score (nSPS) is 13.8. The summed E-state index contributed by atoms with van der Waals surface area (Å²) in [6.45, 7) is 4.56. The van der Waals surface area contributed by atoms with E-state index in [1.54, 1.807) is 24.3 Å². The van der Waals surface area contributed by atoms with E-state index in [4.69, 9.17) is 4.74 Å². The number of likely N-dealkylation sites (tertiary alicyclic amines) is 1. The zero-order valence-corrected chi connectivity index (χ0v) is 12.9. The average molecular weight is 305 g/mol.